The van der Waals surface area contributed by atoms with Gasteiger partial charge in [-0.1, -0.05) is 25.4 Å². The number of aliphatic carboxylic acids is 1. The lowest BCUT2D eigenvalue weighted by molar-refractivity contribution is -0.144. The van der Waals surface area contributed by atoms with Gasteiger partial charge in [-0.25, -0.2) is 9.59 Å². The Morgan fingerprint density at radius 3 is 2.48 bits per heavy atom. The number of nitrogens with zero attached hydrogens (tertiary/aromatic N) is 1. The van der Waals surface area contributed by atoms with Crippen LogP contribution in [0.3, 0.4) is 0 Å². The minimum absolute atomic E-state index is 0.248. The summed E-state index contributed by atoms with van der Waals surface area (Å²) in [5.41, 5.74) is -0.742. The summed E-state index contributed by atoms with van der Waals surface area (Å²) < 4.78 is 0. The number of benzene rings is 1. The molecule has 0 spiro atoms. The molecule has 0 radical (unpaired) electrons. The second-order valence-electron chi connectivity index (χ2n) is 4.48. The van der Waals surface area contributed by atoms with E-state index in [0.29, 0.717) is 5.56 Å². The van der Waals surface area contributed by atoms with Crippen molar-refractivity contribution in [1.82, 2.24) is 5.32 Å². The standard InChI is InChI=1S/C14H16ClN3O3/c1-3-14(4-2,12(19)20)18-13(21)17-11-7-9(8-16)5-6-10(11)15/h5-7H,3-4H2,1-2H3,(H,19,20)(H2,17,18,21). The lowest BCUT2D eigenvalue weighted by Crippen LogP contribution is -2.55. The van der Waals surface area contributed by atoms with Crippen molar-refractivity contribution in [2.45, 2.75) is 32.2 Å². The Hall–Kier alpha value is -2.26. The van der Waals surface area contributed by atoms with Crippen LogP contribution in [0, 0.1) is 11.3 Å². The van der Waals surface area contributed by atoms with Crippen molar-refractivity contribution in [2.24, 2.45) is 0 Å². The normalized spacial score (nSPS) is 10.6. The van der Waals surface area contributed by atoms with Gasteiger partial charge in [-0.05, 0) is 31.0 Å². The largest absolute Gasteiger partial charge is 0.480 e. The molecule has 0 saturated heterocycles. The van der Waals surface area contributed by atoms with Crippen LogP contribution in [0.15, 0.2) is 18.2 Å². The van der Waals surface area contributed by atoms with Gasteiger partial charge in [-0.3, -0.25) is 0 Å². The minimum Gasteiger partial charge on any atom is -0.480 e. The predicted molar refractivity (Wildman–Crippen MR) is 79.3 cm³/mol. The molecule has 1 rings (SSSR count). The maximum atomic E-state index is 12.0. The fourth-order valence-corrected chi connectivity index (χ4v) is 2.01. The van der Waals surface area contributed by atoms with E-state index in [9.17, 15) is 14.7 Å². The number of carboxylic acids is 1. The van der Waals surface area contributed by atoms with E-state index >= 15 is 0 Å². The van der Waals surface area contributed by atoms with Crippen molar-refractivity contribution in [1.29, 1.82) is 5.26 Å². The quantitative estimate of drug-likeness (QED) is 0.778. The van der Waals surface area contributed by atoms with Gasteiger partial charge >= 0.3 is 12.0 Å². The molecule has 2 amide bonds. The monoisotopic (exact) mass is 309 g/mol. The zero-order valence-electron chi connectivity index (χ0n) is 11.7. The van der Waals surface area contributed by atoms with Crippen LogP contribution in [-0.2, 0) is 4.79 Å². The summed E-state index contributed by atoms with van der Waals surface area (Å²) in [4.78, 5) is 23.3. The number of rotatable bonds is 5. The Morgan fingerprint density at radius 1 is 1.38 bits per heavy atom. The molecular formula is C14H16ClN3O3. The fraction of sp³-hybridized carbons (Fsp3) is 0.357. The van der Waals surface area contributed by atoms with Crippen LogP contribution < -0.4 is 10.6 Å². The van der Waals surface area contributed by atoms with Crippen LogP contribution in [0.1, 0.15) is 32.3 Å². The van der Waals surface area contributed by atoms with E-state index in [0.717, 1.165) is 0 Å². The number of hydrogen-bond acceptors (Lipinski definition) is 3. The Labute approximate surface area is 127 Å². The van der Waals surface area contributed by atoms with Crippen LogP contribution in [0.2, 0.25) is 5.02 Å². The molecule has 0 aromatic heterocycles. The molecule has 0 aliphatic carbocycles. The van der Waals surface area contributed by atoms with E-state index in [4.69, 9.17) is 16.9 Å². The van der Waals surface area contributed by atoms with E-state index in [1.54, 1.807) is 13.8 Å². The second kappa shape index (κ2) is 6.95. The molecular weight excluding hydrogens is 294 g/mol. The van der Waals surface area contributed by atoms with Crippen molar-refractivity contribution in [3.8, 4) is 6.07 Å². The van der Waals surface area contributed by atoms with Gasteiger partial charge in [0.15, 0.2) is 0 Å². The zero-order chi connectivity index (χ0) is 16.0. The van der Waals surface area contributed by atoms with Gasteiger partial charge in [0.25, 0.3) is 0 Å². The number of anilines is 1. The molecule has 0 heterocycles. The van der Waals surface area contributed by atoms with Crippen molar-refractivity contribution >= 4 is 29.3 Å². The predicted octanol–water partition coefficient (Wildman–Crippen LogP) is 2.98. The van der Waals surface area contributed by atoms with Crippen LogP contribution in [0.4, 0.5) is 10.5 Å². The first-order valence-electron chi connectivity index (χ1n) is 6.40. The van der Waals surface area contributed by atoms with Crippen LogP contribution in [-0.4, -0.2) is 22.6 Å². The summed E-state index contributed by atoms with van der Waals surface area (Å²) >= 11 is 5.93. The smallest absolute Gasteiger partial charge is 0.329 e. The molecule has 0 atom stereocenters. The van der Waals surface area contributed by atoms with Crippen molar-refractivity contribution in [3.63, 3.8) is 0 Å². The van der Waals surface area contributed by atoms with E-state index in [1.807, 2.05) is 6.07 Å². The lowest BCUT2D eigenvalue weighted by Gasteiger charge is -2.28. The molecule has 0 unspecified atom stereocenters. The fourth-order valence-electron chi connectivity index (χ4n) is 1.84. The Balaban J connectivity index is 2.92. The van der Waals surface area contributed by atoms with Crippen LogP contribution in [0.5, 0.6) is 0 Å². The van der Waals surface area contributed by atoms with Gasteiger partial charge in [-0.2, -0.15) is 5.26 Å². The first-order valence-corrected chi connectivity index (χ1v) is 6.78. The molecule has 1 aromatic rings. The molecule has 0 bridgehead atoms. The molecule has 0 saturated carbocycles. The first-order chi connectivity index (χ1) is 9.88. The van der Waals surface area contributed by atoms with Crippen LogP contribution in [0.25, 0.3) is 0 Å². The number of carbonyl (C=O) groups is 2. The SMILES string of the molecule is CCC(CC)(NC(=O)Nc1cc(C#N)ccc1Cl)C(=O)O. The Bertz CT molecular complexity index is 592. The molecule has 3 N–H and O–H groups in total. The number of hydrogen-bond donors (Lipinski definition) is 3. The summed E-state index contributed by atoms with van der Waals surface area (Å²) in [5, 5.41) is 23.3. The highest BCUT2D eigenvalue weighted by Crippen LogP contribution is 2.23. The number of urea groups is 1. The Morgan fingerprint density at radius 2 is 2.00 bits per heavy atom. The minimum atomic E-state index is -1.33. The molecule has 21 heavy (non-hydrogen) atoms. The molecule has 0 aliphatic heterocycles. The van der Waals surface area contributed by atoms with E-state index < -0.39 is 17.5 Å². The molecule has 6 nitrogen and oxygen atoms in total. The molecule has 112 valence electrons. The van der Waals surface area contributed by atoms with E-state index in [1.165, 1.54) is 18.2 Å². The molecule has 0 fully saturated rings. The number of nitriles is 1. The number of carboxylic acid groups (broad SMARTS) is 1. The highest BCUT2D eigenvalue weighted by molar-refractivity contribution is 6.33. The Kier molecular flexibility index (Phi) is 5.56. The average Bonchev–Trinajstić information content (AvgIpc) is 2.46. The maximum absolute atomic E-state index is 12.0. The maximum Gasteiger partial charge on any atom is 0.329 e. The van der Waals surface area contributed by atoms with Crippen molar-refractivity contribution < 1.29 is 14.7 Å². The van der Waals surface area contributed by atoms with Crippen molar-refractivity contribution in [2.75, 3.05) is 5.32 Å². The third-order valence-corrected chi connectivity index (χ3v) is 3.64. The summed E-state index contributed by atoms with van der Waals surface area (Å²) in [6.07, 6.45) is 0.496. The topological polar surface area (TPSA) is 102 Å². The highest BCUT2D eigenvalue weighted by atomic mass is 35.5. The summed E-state index contributed by atoms with van der Waals surface area (Å²) in [6.45, 7) is 3.36. The molecule has 0 aliphatic rings. The third kappa shape index (κ3) is 3.86. The highest BCUT2D eigenvalue weighted by Gasteiger charge is 2.36. The third-order valence-electron chi connectivity index (χ3n) is 3.31. The van der Waals surface area contributed by atoms with Gasteiger partial charge < -0.3 is 15.7 Å². The van der Waals surface area contributed by atoms with Gasteiger partial charge in [0, 0.05) is 0 Å². The second-order valence-corrected chi connectivity index (χ2v) is 4.89. The lowest BCUT2D eigenvalue weighted by atomic mass is 9.93. The zero-order valence-corrected chi connectivity index (χ0v) is 12.5. The first kappa shape index (κ1) is 16.8. The molecule has 7 heteroatoms. The van der Waals surface area contributed by atoms with Gasteiger partial charge in [0.2, 0.25) is 0 Å². The summed E-state index contributed by atoms with van der Waals surface area (Å²) in [6, 6.07) is 5.67. The number of nitrogens with one attached hydrogen (secondary N) is 2. The van der Waals surface area contributed by atoms with Gasteiger partial charge in [0.1, 0.15) is 5.54 Å². The van der Waals surface area contributed by atoms with E-state index in [2.05, 4.69) is 10.6 Å². The van der Waals surface area contributed by atoms with Crippen molar-refractivity contribution in [3.05, 3.63) is 28.8 Å². The molecule has 1 aromatic carbocycles. The van der Waals surface area contributed by atoms with Crippen LogP contribution >= 0.6 is 11.6 Å². The summed E-state index contributed by atoms with van der Waals surface area (Å²) in [5.74, 6) is -1.10. The van der Waals surface area contributed by atoms with Gasteiger partial charge in [-0.15, -0.1) is 0 Å². The average molecular weight is 310 g/mol. The number of carbonyl (C=O) groups excluding carboxylic acids is 1. The summed E-state index contributed by atoms with van der Waals surface area (Å²) in [7, 11) is 0. The van der Waals surface area contributed by atoms with E-state index in [-0.39, 0.29) is 23.6 Å². The number of halogens is 1. The number of amides is 2. The van der Waals surface area contributed by atoms with Gasteiger partial charge in [0.05, 0.1) is 22.3 Å².